The number of non-ortho nitro benzene ring substituents is 1. The molecule has 0 unspecified atom stereocenters. The maximum Gasteiger partial charge on any atom is 0.343 e. The molecule has 172 valence electrons. The number of methoxy groups -OCH3 is 1. The maximum atomic E-state index is 12.8. The van der Waals surface area contributed by atoms with Crippen LogP contribution < -0.4 is 9.47 Å². The minimum Gasteiger partial charge on any atom is -0.493 e. The molecule has 0 radical (unpaired) electrons. The monoisotopic (exact) mass is 496 g/mol. The van der Waals surface area contributed by atoms with E-state index in [1.807, 2.05) is 0 Å². The summed E-state index contributed by atoms with van der Waals surface area (Å²) in [6, 6.07) is 13.5. The minimum atomic E-state index is -0.770. The molecule has 0 N–H and O–H groups in total. The Labute approximate surface area is 203 Å². The van der Waals surface area contributed by atoms with Gasteiger partial charge in [0, 0.05) is 12.1 Å². The molecular weight excluding hydrogens is 480 g/mol. The normalized spacial score (nSPS) is 14.5. The molecule has 0 aliphatic carbocycles. The van der Waals surface area contributed by atoms with Gasteiger partial charge in [0.15, 0.2) is 11.5 Å². The number of amides is 1. The molecule has 0 atom stereocenters. The Balaban J connectivity index is 1.52. The Morgan fingerprint density at radius 1 is 1.21 bits per heavy atom. The number of rotatable bonds is 7. The first-order valence-electron chi connectivity index (χ1n) is 9.78. The summed E-state index contributed by atoms with van der Waals surface area (Å²) in [5, 5.41) is 10.9. The van der Waals surface area contributed by atoms with Crippen LogP contribution in [0, 0.1) is 10.1 Å². The number of carbonyl (C=O) groups excluding carboxylic acids is 2. The van der Waals surface area contributed by atoms with E-state index in [1.54, 1.807) is 30.3 Å². The topological polar surface area (TPSA) is 112 Å². The van der Waals surface area contributed by atoms with Crippen molar-refractivity contribution in [3.63, 3.8) is 0 Å². The van der Waals surface area contributed by atoms with E-state index in [0.29, 0.717) is 20.5 Å². The molecule has 2 heterocycles. The largest absolute Gasteiger partial charge is 0.493 e. The van der Waals surface area contributed by atoms with Crippen LogP contribution in [0.3, 0.4) is 0 Å². The Kier molecular flexibility index (Phi) is 6.75. The van der Waals surface area contributed by atoms with Gasteiger partial charge in [-0.3, -0.25) is 19.8 Å². The van der Waals surface area contributed by atoms with Crippen molar-refractivity contribution in [1.82, 2.24) is 4.90 Å². The van der Waals surface area contributed by atoms with Gasteiger partial charge in [0.1, 0.15) is 10.1 Å². The van der Waals surface area contributed by atoms with Crippen molar-refractivity contribution in [2.24, 2.45) is 0 Å². The average molecular weight is 497 g/mol. The molecule has 4 rings (SSSR count). The van der Waals surface area contributed by atoms with Crippen LogP contribution in [0.1, 0.15) is 21.7 Å². The number of hydrogen-bond acceptors (Lipinski definition) is 9. The second-order valence-corrected chi connectivity index (χ2v) is 8.63. The summed E-state index contributed by atoms with van der Waals surface area (Å²) in [5.41, 5.74) is 0.437. The lowest BCUT2D eigenvalue weighted by Gasteiger charge is -2.12. The zero-order valence-electron chi connectivity index (χ0n) is 17.6. The van der Waals surface area contributed by atoms with Crippen LogP contribution in [-0.2, 0) is 11.3 Å². The number of ether oxygens (including phenoxy) is 2. The van der Waals surface area contributed by atoms with Crippen LogP contribution in [0.25, 0.3) is 6.08 Å². The Bertz CT molecular complexity index is 1320. The number of thiocarbonyl (C=S) groups is 1. The SMILES string of the molecule is COc1cc(/C=C2\SC(=S)N(Cc3ccco3)C2=O)ccc1OC(=O)c1cccc([N+](=O)[O-])c1. The molecule has 0 bridgehead atoms. The maximum absolute atomic E-state index is 12.8. The second-order valence-electron chi connectivity index (χ2n) is 6.95. The highest BCUT2D eigenvalue weighted by Gasteiger charge is 2.32. The van der Waals surface area contributed by atoms with Gasteiger partial charge in [-0.1, -0.05) is 36.1 Å². The summed E-state index contributed by atoms with van der Waals surface area (Å²) in [4.78, 5) is 37.5. The summed E-state index contributed by atoms with van der Waals surface area (Å²) in [5.74, 6) is -0.0191. The quantitative estimate of drug-likeness (QED) is 0.113. The van der Waals surface area contributed by atoms with E-state index in [1.165, 1.54) is 54.3 Å². The van der Waals surface area contributed by atoms with E-state index < -0.39 is 10.9 Å². The molecule has 11 heteroatoms. The summed E-state index contributed by atoms with van der Waals surface area (Å²) >= 11 is 6.51. The number of benzene rings is 2. The summed E-state index contributed by atoms with van der Waals surface area (Å²) < 4.78 is 16.4. The number of hydrogen-bond donors (Lipinski definition) is 0. The van der Waals surface area contributed by atoms with E-state index in [2.05, 4.69) is 0 Å². The van der Waals surface area contributed by atoms with E-state index in [9.17, 15) is 19.7 Å². The molecule has 34 heavy (non-hydrogen) atoms. The molecule has 9 nitrogen and oxygen atoms in total. The van der Waals surface area contributed by atoms with E-state index in [0.717, 1.165) is 6.07 Å². The van der Waals surface area contributed by atoms with Gasteiger partial charge in [-0.2, -0.15) is 0 Å². The molecule has 3 aromatic rings. The third-order valence-electron chi connectivity index (χ3n) is 4.75. The highest BCUT2D eigenvalue weighted by atomic mass is 32.2. The van der Waals surface area contributed by atoms with Crippen LogP contribution >= 0.6 is 24.0 Å². The Morgan fingerprint density at radius 3 is 2.74 bits per heavy atom. The Hall–Kier alpha value is -3.96. The predicted octanol–water partition coefficient (Wildman–Crippen LogP) is 4.82. The first-order chi connectivity index (χ1) is 16.4. The third kappa shape index (κ3) is 5.00. The van der Waals surface area contributed by atoms with E-state index in [4.69, 9.17) is 26.1 Å². The van der Waals surface area contributed by atoms with Crippen LogP contribution in [-0.4, -0.2) is 33.1 Å². The summed E-state index contributed by atoms with van der Waals surface area (Å²) in [7, 11) is 1.41. The van der Waals surface area contributed by atoms with Gasteiger partial charge in [0.05, 0.1) is 35.3 Å². The van der Waals surface area contributed by atoms with Crippen LogP contribution in [0.2, 0.25) is 0 Å². The smallest absolute Gasteiger partial charge is 0.343 e. The fourth-order valence-electron chi connectivity index (χ4n) is 3.11. The number of thioether (sulfide) groups is 1. The summed E-state index contributed by atoms with van der Waals surface area (Å²) in [6.45, 7) is 0.241. The van der Waals surface area contributed by atoms with Gasteiger partial charge in [0.25, 0.3) is 11.6 Å². The molecule has 0 spiro atoms. The lowest BCUT2D eigenvalue weighted by molar-refractivity contribution is -0.384. The van der Waals surface area contributed by atoms with Gasteiger partial charge in [-0.05, 0) is 42.0 Å². The number of esters is 1. The second kappa shape index (κ2) is 9.89. The van der Waals surface area contributed by atoms with Gasteiger partial charge < -0.3 is 13.9 Å². The van der Waals surface area contributed by atoms with Gasteiger partial charge >= 0.3 is 5.97 Å². The fraction of sp³-hybridized carbons (Fsp3) is 0.0870. The van der Waals surface area contributed by atoms with Crippen LogP contribution in [0.5, 0.6) is 11.5 Å². The number of nitrogens with zero attached hydrogens (tertiary/aromatic N) is 2. The van der Waals surface area contributed by atoms with Crippen molar-refractivity contribution in [1.29, 1.82) is 0 Å². The van der Waals surface area contributed by atoms with Gasteiger partial charge in [-0.25, -0.2) is 4.79 Å². The van der Waals surface area contributed by atoms with E-state index >= 15 is 0 Å². The van der Waals surface area contributed by atoms with Gasteiger partial charge in [-0.15, -0.1) is 0 Å². The lowest BCUT2D eigenvalue weighted by atomic mass is 10.1. The van der Waals surface area contributed by atoms with Crippen molar-refractivity contribution in [2.45, 2.75) is 6.54 Å². The zero-order valence-corrected chi connectivity index (χ0v) is 19.3. The van der Waals surface area contributed by atoms with Gasteiger partial charge in [0.2, 0.25) is 0 Å². The number of carbonyl (C=O) groups is 2. The summed E-state index contributed by atoms with van der Waals surface area (Å²) in [6.07, 6.45) is 3.19. The van der Waals surface area contributed by atoms with Crippen LogP contribution in [0.4, 0.5) is 5.69 Å². The molecule has 2 aromatic carbocycles. The molecule has 1 amide bonds. The van der Waals surface area contributed by atoms with Crippen molar-refractivity contribution in [2.75, 3.05) is 7.11 Å². The number of nitro groups is 1. The first kappa shape index (κ1) is 23.2. The average Bonchev–Trinajstić information content (AvgIpc) is 3.44. The van der Waals surface area contributed by atoms with Crippen molar-refractivity contribution in [3.05, 3.63) is 92.8 Å². The molecule has 0 saturated carbocycles. The van der Waals surface area contributed by atoms with E-state index in [-0.39, 0.29) is 35.2 Å². The number of furan rings is 1. The standard InChI is InChI=1S/C23H16N2O7S2/c1-30-19-10-14(11-20-21(26)24(23(33)34-20)13-17-6-3-9-31-17)7-8-18(19)32-22(27)15-4-2-5-16(12-15)25(28)29/h2-12H,13H2,1H3/b20-11-. The Morgan fingerprint density at radius 2 is 2.03 bits per heavy atom. The highest BCUT2D eigenvalue weighted by Crippen LogP contribution is 2.35. The molecule has 1 aliphatic heterocycles. The predicted molar refractivity (Wildman–Crippen MR) is 128 cm³/mol. The molecular formula is C23H16N2O7S2. The highest BCUT2D eigenvalue weighted by molar-refractivity contribution is 8.26. The molecule has 1 saturated heterocycles. The van der Waals surface area contributed by atoms with Crippen molar-refractivity contribution in [3.8, 4) is 11.5 Å². The molecule has 1 aliphatic rings. The third-order valence-corrected chi connectivity index (χ3v) is 6.13. The molecule has 1 fully saturated rings. The van der Waals surface area contributed by atoms with Crippen LogP contribution in [0.15, 0.2) is 70.2 Å². The van der Waals surface area contributed by atoms with Crippen molar-refractivity contribution >= 4 is 51.9 Å². The zero-order chi connectivity index (χ0) is 24.2. The van der Waals surface area contributed by atoms with Crippen molar-refractivity contribution < 1.29 is 28.4 Å². The minimum absolute atomic E-state index is 0.0283. The number of nitro benzene ring substituents is 1. The lowest BCUT2D eigenvalue weighted by Crippen LogP contribution is -2.27. The molecule has 1 aromatic heterocycles. The fourth-order valence-corrected chi connectivity index (χ4v) is 4.36. The first-order valence-corrected chi connectivity index (χ1v) is 11.0.